The first-order chi connectivity index (χ1) is 24.8. The van der Waals surface area contributed by atoms with Gasteiger partial charge in [0.15, 0.2) is 0 Å². The highest BCUT2D eigenvalue weighted by Gasteiger charge is 2.20. The Hall–Kier alpha value is -6.50. The van der Waals surface area contributed by atoms with Crippen molar-refractivity contribution in [1.82, 2.24) is 0 Å². The summed E-state index contributed by atoms with van der Waals surface area (Å²) in [4.78, 5) is 0. The molecule has 0 saturated carbocycles. The molecule has 10 aromatic rings. The van der Waals surface area contributed by atoms with Crippen LogP contribution >= 0.6 is 0 Å². The zero-order valence-corrected chi connectivity index (χ0v) is 27.5. The molecule has 0 unspecified atom stereocenters. The van der Waals surface area contributed by atoms with E-state index in [1.54, 1.807) is 0 Å². The molecule has 0 aliphatic rings. The van der Waals surface area contributed by atoms with E-state index in [1.165, 1.54) is 98.4 Å². The normalized spacial score (nSPS) is 11.6. The van der Waals surface area contributed by atoms with Crippen molar-refractivity contribution in [2.45, 2.75) is 0 Å². The quantitative estimate of drug-likeness (QED) is 0.169. The predicted molar refractivity (Wildman–Crippen MR) is 216 cm³/mol. The number of benzene rings is 10. The lowest BCUT2D eigenvalue weighted by molar-refractivity contribution is 1.62. The maximum atomic E-state index is 2.42. The second-order valence-corrected chi connectivity index (χ2v) is 13.3. The summed E-state index contributed by atoms with van der Waals surface area (Å²) in [5, 5.41) is 12.6. The van der Waals surface area contributed by atoms with Gasteiger partial charge in [-0.05, 0) is 117 Å². The van der Waals surface area contributed by atoms with Crippen LogP contribution in [0, 0.1) is 0 Å². The first-order valence-electron chi connectivity index (χ1n) is 17.3. The summed E-state index contributed by atoms with van der Waals surface area (Å²) < 4.78 is 0. The summed E-state index contributed by atoms with van der Waals surface area (Å²) in [5.74, 6) is 0. The molecule has 0 heterocycles. The molecule has 0 bridgehead atoms. The first-order valence-corrected chi connectivity index (χ1v) is 17.3. The summed E-state index contributed by atoms with van der Waals surface area (Å²) in [6, 6.07) is 71.5. The highest BCUT2D eigenvalue weighted by molar-refractivity contribution is 6.23. The van der Waals surface area contributed by atoms with Crippen LogP contribution in [0.4, 0.5) is 0 Å². The number of rotatable bonds is 4. The molecule has 0 heteroatoms. The van der Waals surface area contributed by atoms with Crippen LogP contribution in [-0.2, 0) is 0 Å². The smallest absolute Gasteiger partial charge is 0.00139 e. The molecule has 10 aromatic carbocycles. The molecule has 0 nitrogen and oxygen atoms in total. The molecule has 0 aromatic heterocycles. The van der Waals surface area contributed by atoms with Crippen LogP contribution in [0.3, 0.4) is 0 Å². The van der Waals surface area contributed by atoms with Crippen LogP contribution in [0.1, 0.15) is 0 Å². The lowest BCUT2D eigenvalue weighted by Gasteiger charge is -2.20. The van der Waals surface area contributed by atoms with Gasteiger partial charge in [0, 0.05) is 0 Å². The Balaban J connectivity index is 1.34. The molecule has 50 heavy (non-hydrogen) atoms. The molecule has 0 radical (unpaired) electrons. The van der Waals surface area contributed by atoms with Gasteiger partial charge in [-0.3, -0.25) is 0 Å². The van der Waals surface area contributed by atoms with Crippen molar-refractivity contribution < 1.29 is 0 Å². The lowest BCUT2D eigenvalue weighted by Crippen LogP contribution is -1.93. The van der Waals surface area contributed by atoms with Crippen LogP contribution in [0.5, 0.6) is 0 Å². The minimum Gasteiger partial charge on any atom is -0.0616 e. The number of fused-ring (bicyclic) bond motifs is 5. The second kappa shape index (κ2) is 11.6. The summed E-state index contributed by atoms with van der Waals surface area (Å²) in [7, 11) is 0. The molecule has 0 fully saturated rings. The summed E-state index contributed by atoms with van der Waals surface area (Å²) in [5.41, 5.74) is 9.92. The predicted octanol–water partition coefficient (Wildman–Crippen LogP) is 14.1. The van der Waals surface area contributed by atoms with Gasteiger partial charge in [-0.1, -0.05) is 176 Å². The van der Waals surface area contributed by atoms with Crippen molar-refractivity contribution >= 4 is 53.9 Å². The Morgan fingerprint density at radius 3 is 1.46 bits per heavy atom. The molecule has 10 rings (SSSR count). The maximum Gasteiger partial charge on any atom is -0.00139 e. The molecular formula is C50H32. The summed E-state index contributed by atoms with van der Waals surface area (Å²) in [6.45, 7) is 0. The fourth-order valence-electron chi connectivity index (χ4n) is 8.08. The third kappa shape index (κ3) is 4.61. The Morgan fingerprint density at radius 1 is 0.220 bits per heavy atom. The van der Waals surface area contributed by atoms with Crippen molar-refractivity contribution in [3.63, 3.8) is 0 Å². The molecule has 0 saturated heterocycles. The average molecular weight is 633 g/mol. The maximum absolute atomic E-state index is 2.42. The molecular weight excluding hydrogens is 601 g/mol. The van der Waals surface area contributed by atoms with E-state index in [2.05, 4.69) is 194 Å². The van der Waals surface area contributed by atoms with Crippen LogP contribution in [0.2, 0.25) is 0 Å². The minimum absolute atomic E-state index is 1.21. The van der Waals surface area contributed by atoms with E-state index in [0.717, 1.165) is 0 Å². The minimum atomic E-state index is 1.21. The van der Waals surface area contributed by atoms with E-state index in [-0.39, 0.29) is 0 Å². The van der Waals surface area contributed by atoms with Gasteiger partial charge in [-0.2, -0.15) is 0 Å². The molecule has 232 valence electrons. The van der Waals surface area contributed by atoms with Gasteiger partial charge in [0.05, 0.1) is 0 Å². The van der Waals surface area contributed by atoms with E-state index < -0.39 is 0 Å². The zero-order valence-electron chi connectivity index (χ0n) is 27.5. The van der Waals surface area contributed by atoms with Gasteiger partial charge in [0.25, 0.3) is 0 Å². The largest absolute Gasteiger partial charge is 0.0616 e. The van der Waals surface area contributed by atoms with Crippen molar-refractivity contribution in [2.75, 3.05) is 0 Å². The molecule has 0 N–H and O–H groups in total. The Morgan fingerprint density at radius 2 is 0.720 bits per heavy atom. The SMILES string of the molecule is c1cc(-c2ccc3ccccc3c2)cc(-c2c3ccccc3cc3c(-c4cccc5ccccc45)ccc(-c4cccc5ccccc45)c23)c1. The Labute approximate surface area is 291 Å². The van der Waals surface area contributed by atoms with E-state index in [1.807, 2.05) is 0 Å². The highest BCUT2D eigenvalue weighted by atomic mass is 14.2. The molecule has 0 amide bonds. The van der Waals surface area contributed by atoms with Gasteiger partial charge in [0.1, 0.15) is 0 Å². The van der Waals surface area contributed by atoms with Gasteiger partial charge >= 0.3 is 0 Å². The molecule has 0 aliphatic carbocycles. The van der Waals surface area contributed by atoms with Crippen LogP contribution in [0.25, 0.3) is 98.4 Å². The topological polar surface area (TPSA) is 0 Å². The Bertz CT molecular complexity index is 2920. The van der Waals surface area contributed by atoms with E-state index in [4.69, 9.17) is 0 Å². The Kier molecular flexibility index (Phi) is 6.60. The monoisotopic (exact) mass is 632 g/mol. The van der Waals surface area contributed by atoms with Gasteiger partial charge < -0.3 is 0 Å². The standard InChI is InChI=1S/C50H32/c1-2-15-36-30-38(27-26-33(36)12-1)37-19-9-20-40(31-37)49-43-23-8-5-16-39(43)32-48-46(44-24-10-17-34-13-3-6-21-41(34)44)28-29-47(50(48)49)45-25-11-18-35-14-4-7-22-42(35)45/h1-32H. The first kappa shape index (κ1) is 28.5. The molecule has 0 atom stereocenters. The van der Waals surface area contributed by atoms with Crippen LogP contribution in [0.15, 0.2) is 194 Å². The van der Waals surface area contributed by atoms with Gasteiger partial charge in [-0.25, -0.2) is 0 Å². The van der Waals surface area contributed by atoms with Crippen molar-refractivity contribution in [1.29, 1.82) is 0 Å². The lowest BCUT2D eigenvalue weighted by atomic mass is 9.83. The van der Waals surface area contributed by atoms with E-state index in [9.17, 15) is 0 Å². The van der Waals surface area contributed by atoms with Gasteiger partial charge in [0.2, 0.25) is 0 Å². The van der Waals surface area contributed by atoms with Crippen molar-refractivity contribution in [3.05, 3.63) is 194 Å². The third-order valence-corrected chi connectivity index (χ3v) is 10.4. The van der Waals surface area contributed by atoms with Crippen molar-refractivity contribution in [3.8, 4) is 44.5 Å². The van der Waals surface area contributed by atoms with E-state index >= 15 is 0 Å². The fraction of sp³-hybridized carbons (Fsp3) is 0. The molecule has 0 aliphatic heterocycles. The van der Waals surface area contributed by atoms with Gasteiger partial charge in [-0.15, -0.1) is 0 Å². The second-order valence-electron chi connectivity index (χ2n) is 13.3. The fourth-order valence-corrected chi connectivity index (χ4v) is 8.08. The van der Waals surface area contributed by atoms with E-state index in [0.29, 0.717) is 0 Å². The number of hydrogen-bond acceptors (Lipinski definition) is 0. The summed E-state index contributed by atoms with van der Waals surface area (Å²) >= 11 is 0. The van der Waals surface area contributed by atoms with Crippen molar-refractivity contribution in [2.24, 2.45) is 0 Å². The third-order valence-electron chi connectivity index (χ3n) is 10.4. The van der Waals surface area contributed by atoms with Crippen LogP contribution in [-0.4, -0.2) is 0 Å². The number of hydrogen-bond donors (Lipinski definition) is 0. The average Bonchev–Trinajstić information content (AvgIpc) is 3.19. The van der Waals surface area contributed by atoms with Crippen LogP contribution < -0.4 is 0 Å². The molecule has 0 spiro atoms. The highest BCUT2D eigenvalue weighted by Crippen LogP contribution is 2.47. The summed E-state index contributed by atoms with van der Waals surface area (Å²) in [6.07, 6.45) is 0. The zero-order chi connectivity index (χ0) is 33.0.